The van der Waals surface area contributed by atoms with Gasteiger partial charge in [0.2, 0.25) is 0 Å². The molecule has 0 spiro atoms. The van der Waals surface area contributed by atoms with Gasteiger partial charge in [0.05, 0.1) is 11.8 Å². The quantitative estimate of drug-likeness (QED) is 0.781. The van der Waals surface area contributed by atoms with Crippen LogP contribution in [0.3, 0.4) is 0 Å². The first kappa shape index (κ1) is 14.5. The van der Waals surface area contributed by atoms with Crippen molar-refractivity contribution in [2.45, 2.75) is 38.6 Å². The Morgan fingerprint density at radius 2 is 1.78 bits per heavy atom. The fourth-order valence-corrected chi connectivity index (χ4v) is 4.09. The molecule has 0 saturated carbocycles. The second kappa shape index (κ2) is 5.52. The van der Waals surface area contributed by atoms with Gasteiger partial charge in [0, 0.05) is 18.5 Å². The summed E-state index contributed by atoms with van der Waals surface area (Å²) >= 11 is 0. The predicted octanol–water partition coefficient (Wildman–Crippen LogP) is 4.76. The van der Waals surface area contributed by atoms with Crippen LogP contribution in [0.25, 0.3) is 0 Å². The van der Waals surface area contributed by atoms with Crippen LogP contribution < -0.4 is 0 Å². The summed E-state index contributed by atoms with van der Waals surface area (Å²) in [5.74, 6) is 1.10. The molecule has 2 aromatic carbocycles. The van der Waals surface area contributed by atoms with E-state index in [1.807, 2.05) is 0 Å². The molecule has 0 bridgehead atoms. The standard InChI is InChI=1S/C21H24N2/c1-14(2)15-8-10-17(11-9-15)21-19-13-12-16-6-4-5-7-18(16)20(19)22-23(21)3/h4-11,14,19,21H,12-13H2,1-3H3. The van der Waals surface area contributed by atoms with Crippen molar-refractivity contribution in [3.05, 3.63) is 70.8 Å². The lowest BCUT2D eigenvalue weighted by atomic mass is 9.77. The molecule has 2 atom stereocenters. The predicted molar refractivity (Wildman–Crippen MR) is 95.8 cm³/mol. The highest BCUT2D eigenvalue weighted by Gasteiger charge is 2.39. The molecular weight excluding hydrogens is 280 g/mol. The monoisotopic (exact) mass is 304 g/mol. The molecule has 2 nitrogen and oxygen atoms in total. The zero-order chi connectivity index (χ0) is 16.0. The van der Waals surface area contributed by atoms with Crippen LogP contribution in [-0.2, 0) is 6.42 Å². The van der Waals surface area contributed by atoms with E-state index in [0.717, 1.165) is 6.42 Å². The Balaban J connectivity index is 1.68. The second-order valence-corrected chi connectivity index (χ2v) is 7.13. The van der Waals surface area contributed by atoms with E-state index in [2.05, 4.69) is 74.4 Å². The summed E-state index contributed by atoms with van der Waals surface area (Å²) in [5.41, 5.74) is 6.89. The summed E-state index contributed by atoms with van der Waals surface area (Å²) in [6, 6.07) is 18.3. The molecule has 0 amide bonds. The molecule has 1 heterocycles. The van der Waals surface area contributed by atoms with Gasteiger partial charge in [-0.05, 0) is 35.4 Å². The number of nitrogens with zero attached hydrogens (tertiary/aromatic N) is 2. The van der Waals surface area contributed by atoms with E-state index in [1.165, 1.54) is 34.4 Å². The first-order valence-electron chi connectivity index (χ1n) is 8.64. The maximum absolute atomic E-state index is 4.92. The molecule has 2 heteroatoms. The van der Waals surface area contributed by atoms with Crippen molar-refractivity contribution in [1.29, 1.82) is 0 Å². The Kier molecular flexibility index (Phi) is 3.48. The SMILES string of the molecule is CC(C)c1ccc(C2C3CCc4ccccc4C3=NN2C)cc1. The highest BCUT2D eigenvalue weighted by atomic mass is 15.5. The van der Waals surface area contributed by atoms with Gasteiger partial charge in [-0.3, -0.25) is 5.01 Å². The molecule has 2 aliphatic rings. The largest absolute Gasteiger partial charge is 0.292 e. The lowest BCUT2D eigenvalue weighted by Crippen LogP contribution is -2.27. The van der Waals surface area contributed by atoms with Crippen molar-refractivity contribution in [2.24, 2.45) is 11.0 Å². The topological polar surface area (TPSA) is 15.6 Å². The van der Waals surface area contributed by atoms with Crippen molar-refractivity contribution in [3.63, 3.8) is 0 Å². The third-order valence-corrected chi connectivity index (χ3v) is 5.36. The van der Waals surface area contributed by atoms with Crippen LogP contribution in [0.2, 0.25) is 0 Å². The fraction of sp³-hybridized carbons (Fsp3) is 0.381. The summed E-state index contributed by atoms with van der Waals surface area (Å²) in [6.45, 7) is 4.49. The third kappa shape index (κ3) is 2.37. The minimum Gasteiger partial charge on any atom is -0.292 e. The lowest BCUT2D eigenvalue weighted by Gasteiger charge is -2.29. The van der Waals surface area contributed by atoms with Gasteiger partial charge < -0.3 is 0 Å². The van der Waals surface area contributed by atoms with E-state index < -0.39 is 0 Å². The molecule has 118 valence electrons. The zero-order valence-corrected chi connectivity index (χ0v) is 14.2. The number of rotatable bonds is 2. The molecule has 0 fully saturated rings. The van der Waals surface area contributed by atoms with E-state index in [4.69, 9.17) is 5.10 Å². The van der Waals surface area contributed by atoms with Crippen LogP contribution in [0, 0.1) is 5.92 Å². The van der Waals surface area contributed by atoms with E-state index >= 15 is 0 Å². The van der Waals surface area contributed by atoms with Gasteiger partial charge in [0.1, 0.15) is 0 Å². The van der Waals surface area contributed by atoms with Crippen molar-refractivity contribution in [1.82, 2.24) is 5.01 Å². The van der Waals surface area contributed by atoms with Crippen molar-refractivity contribution < 1.29 is 0 Å². The molecule has 1 aliphatic carbocycles. The van der Waals surface area contributed by atoms with Gasteiger partial charge in [-0.15, -0.1) is 0 Å². The lowest BCUT2D eigenvalue weighted by molar-refractivity contribution is 0.244. The Hall–Kier alpha value is -2.09. The molecule has 23 heavy (non-hydrogen) atoms. The Bertz CT molecular complexity index is 743. The Morgan fingerprint density at radius 3 is 2.52 bits per heavy atom. The summed E-state index contributed by atoms with van der Waals surface area (Å²) < 4.78 is 0. The number of fused-ring (bicyclic) bond motifs is 3. The van der Waals surface area contributed by atoms with Crippen LogP contribution >= 0.6 is 0 Å². The summed E-state index contributed by atoms with van der Waals surface area (Å²) in [7, 11) is 2.12. The van der Waals surface area contributed by atoms with E-state index in [-0.39, 0.29) is 0 Å². The van der Waals surface area contributed by atoms with Crippen LogP contribution in [0.5, 0.6) is 0 Å². The van der Waals surface area contributed by atoms with E-state index in [0.29, 0.717) is 17.9 Å². The minimum atomic E-state index is 0.375. The Labute approximate surface area is 138 Å². The van der Waals surface area contributed by atoms with Crippen LogP contribution in [-0.4, -0.2) is 17.8 Å². The summed E-state index contributed by atoms with van der Waals surface area (Å²) in [6.07, 6.45) is 2.35. The highest BCUT2D eigenvalue weighted by Crippen LogP contribution is 2.42. The van der Waals surface area contributed by atoms with Crippen LogP contribution in [0.4, 0.5) is 0 Å². The number of benzene rings is 2. The van der Waals surface area contributed by atoms with E-state index in [1.54, 1.807) is 0 Å². The summed E-state index contributed by atoms with van der Waals surface area (Å²) in [5, 5.41) is 7.09. The Morgan fingerprint density at radius 1 is 1.04 bits per heavy atom. The number of hydrazone groups is 1. The molecule has 0 radical (unpaired) electrons. The second-order valence-electron chi connectivity index (χ2n) is 7.13. The molecule has 0 N–H and O–H groups in total. The maximum atomic E-state index is 4.92. The molecular formula is C21H24N2. The molecule has 1 aliphatic heterocycles. The first-order chi connectivity index (χ1) is 11.1. The molecule has 2 aromatic rings. The molecule has 0 saturated heterocycles. The average Bonchev–Trinajstić information content (AvgIpc) is 2.91. The van der Waals surface area contributed by atoms with Crippen molar-refractivity contribution >= 4 is 5.71 Å². The minimum absolute atomic E-state index is 0.375. The normalized spacial score (nSPS) is 22.8. The fourth-order valence-electron chi connectivity index (χ4n) is 4.09. The van der Waals surface area contributed by atoms with Gasteiger partial charge in [-0.1, -0.05) is 62.4 Å². The zero-order valence-electron chi connectivity index (χ0n) is 14.2. The number of hydrogen-bond acceptors (Lipinski definition) is 2. The van der Waals surface area contributed by atoms with E-state index in [9.17, 15) is 0 Å². The van der Waals surface area contributed by atoms with Gasteiger partial charge in [0.25, 0.3) is 0 Å². The number of hydrogen-bond donors (Lipinski definition) is 0. The van der Waals surface area contributed by atoms with Crippen molar-refractivity contribution in [2.75, 3.05) is 7.05 Å². The van der Waals surface area contributed by atoms with Crippen LogP contribution in [0.1, 0.15) is 54.5 Å². The van der Waals surface area contributed by atoms with Gasteiger partial charge >= 0.3 is 0 Å². The molecule has 2 unspecified atom stereocenters. The third-order valence-electron chi connectivity index (χ3n) is 5.36. The van der Waals surface area contributed by atoms with Gasteiger partial charge in [-0.25, -0.2) is 0 Å². The van der Waals surface area contributed by atoms with Gasteiger partial charge in [0.15, 0.2) is 0 Å². The molecule has 4 rings (SSSR count). The first-order valence-corrected chi connectivity index (χ1v) is 8.64. The summed E-state index contributed by atoms with van der Waals surface area (Å²) in [4.78, 5) is 0. The highest BCUT2D eigenvalue weighted by molar-refractivity contribution is 6.05. The van der Waals surface area contributed by atoms with Gasteiger partial charge in [-0.2, -0.15) is 5.10 Å². The number of aryl methyl sites for hydroxylation is 1. The van der Waals surface area contributed by atoms with Crippen molar-refractivity contribution in [3.8, 4) is 0 Å². The van der Waals surface area contributed by atoms with Crippen LogP contribution in [0.15, 0.2) is 53.6 Å². The maximum Gasteiger partial charge on any atom is 0.0801 e. The molecule has 0 aromatic heterocycles. The average molecular weight is 304 g/mol. The smallest absolute Gasteiger partial charge is 0.0801 e.